The lowest BCUT2D eigenvalue weighted by Crippen LogP contribution is -2.43. The molecule has 0 unspecified atom stereocenters. The normalized spacial score (nSPS) is 12.7. The molecule has 0 aliphatic rings. The minimum atomic E-state index is -4.87. The summed E-state index contributed by atoms with van der Waals surface area (Å²) in [7, 11) is -3.18. The van der Waals surface area contributed by atoms with Crippen LogP contribution in [0, 0.1) is 12.8 Å². The molecule has 1 amide bonds. The van der Waals surface area contributed by atoms with Crippen molar-refractivity contribution >= 4 is 56.7 Å². The lowest BCUT2D eigenvalue weighted by Gasteiger charge is -2.15. The molecule has 0 heterocycles. The van der Waals surface area contributed by atoms with Crippen LogP contribution < -0.4 is 5.32 Å². The number of esters is 2. The molecule has 0 spiro atoms. The van der Waals surface area contributed by atoms with Crippen molar-refractivity contribution in [3.05, 3.63) is 22.7 Å². The molecule has 0 radical (unpaired) electrons. The van der Waals surface area contributed by atoms with E-state index in [-0.39, 0.29) is 5.02 Å². The van der Waals surface area contributed by atoms with E-state index < -0.39 is 56.0 Å². The zero-order chi connectivity index (χ0) is 22.5. The molecule has 0 aromatic heterocycles. The summed E-state index contributed by atoms with van der Waals surface area (Å²) in [5.41, 5.74) is -1.49. The number of amides is 1. The molecule has 0 saturated heterocycles. The third-order valence-electron chi connectivity index (χ3n) is 3.41. The third kappa shape index (κ3) is 5.49. The van der Waals surface area contributed by atoms with Crippen LogP contribution in [0.25, 0.3) is 0 Å². The number of hydrogen-bond donors (Lipinski definition) is 3. The predicted octanol–water partition coefficient (Wildman–Crippen LogP) is 0.195. The summed E-state index contributed by atoms with van der Waals surface area (Å²) in [6.45, 7) is 1.45. The number of methoxy groups -OCH3 is 2. The number of ketones is 1. The number of ether oxygens (including phenoxy) is 2. The van der Waals surface area contributed by atoms with Gasteiger partial charge >= 0.3 is 11.9 Å². The largest absolute Gasteiger partial charge is 0.468 e. The van der Waals surface area contributed by atoms with Crippen LogP contribution in [-0.4, -0.2) is 61.7 Å². The summed E-state index contributed by atoms with van der Waals surface area (Å²) in [6.07, 6.45) is 0. The maximum atomic E-state index is 12.4. The fraction of sp³-hybridized carbons (Fsp3) is 0.267. The van der Waals surface area contributed by atoms with Crippen molar-refractivity contribution in [3.8, 4) is 0 Å². The summed E-state index contributed by atoms with van der Waals surface area (Å²) in [4.78, 5) is 47.5. The Morgan fingerprint density at radius 2 is 1.76 bits per heavy atom. The van der Waals surface area contributed by atoms with Crippen LogP contribution in [0.1, 0.15) is 5.56 Å². The van der Waals surface area contributed by atoms with Crippen LogP contribution in [-0.2, 0) is 38.8 Å². The number of nitrogens with one attached hydrogen (secondary N) is 1. The number of benzene rings is 1. The fourth-order valence-electron chi connectivity index (χ4n) is 2.12. The molecule has 0 bridgehead atoms. The van der Waals surface area contributed by atoms with Gasteiger partial charge in [0.05, 0.1) is 24.9 Å². The molecule has 0 aliphatic heterocycles. The molecule has 0 saturated carbocycles. The average molecular weight is 451 g/mol. The molecule has 1 aromatic carbocycles. The van der Waals surface area contributed by atoms with E-state index in [4.69, 9.17) is 16.8 Å². The zero-order valence-corrected chi connectivity index (χ0v) is 16.7. The molecule has 29 heavy (non-hydrogen) atoms. The van der Waals surface area contributed by atoms with E-state index in [1.54, 1.807) is 0 Å². The van der Waals surface area contributed by atoms with Gasteiger partial charge in [0.25, 0.3) is 16.0 Å². The van der Waals surface area contributed by atoms with Crippen LogP contribution in [0.15, 0.2) is 22.2 Å². The first kappa shape index (κ1) is 24.0. The molecule has 12 nitrogen and oxygen atoms in total. The van der Waals surface area contributed by atoms with Crippen molar-refractivity contribution < 1.29 is 46.8 Å². The van der Waals surface area contributed by atoms with Crippen molar-refractivity contribution in [1.82, 2.24) is 0 Å². The second-order valence-electron chi connectivity index (χ2n) is 5.35. The zero-order valence-electron chi connectivity index (χ0n) is 15.1. The van der Waals surface area contributed by atoms with Gasteiger partial charge in [-0.3, -0.25) is 18.9 Å². The van der Waals surface area contributed by atoms with Gasteiger partial charge in [0, 0.05) is 0 Å². The Kier molecular flexibility index (Phi) is 7.82. The Labute approximate surface area is 169 Å². The van der Waals surface area contributed by atoms with E-state index in [0.29, 0.717) is 5.56 Å². The van der Waals surface area contributed by atoms with E-state index in [0.717, 1.165) is 20.3 Å². The molecular weight excluding hydrogens is 436 g/mol. The number of carbonyl (C=O) groups excluding carboxylic acids is 4. The van der Waals surface area contributed by atoms with Crippen LogP contribution in [0.4, 0.5) is 5.69 Å². The Morgan fingerprint density at radius 3 is 2.21 bits per heavy atom. The second kappa shape index (κ2) is 9.45. The minimum absolute atomic E-state index is 0.305. The van der Waals surface area contributed by atoms with Gasteiger partial charge in [-0.2, -0.15) is 8.42 Å². The lowest BCUT2D eigenvalue weighted by atomic mass is 9.97. The maximum Gasteiger partial charge on any atom is 0.357 e. The molecular formula is C15H15ClN2O10S. The molecule has 1 atom stereocenters. The first-order valence-electron chi connectivity index (χ1n) is 7.39. The Morgan fingerprint density at radius 1 is 1.17 bits per heavy atom. The van der Waals surface area contributed by atoms with E-state index in [1.807, 2.05) is 5.32 Å². The van der Waals surface area contributed by atoms with Crippen molar-refractivity contribution in [2.75, 3.05) is 19.5 Å². The molecule has 0 aliphatic carbocycles. The number of Topliss-reactive ketones (excluding diaryl/α,β-unsaturated/α-hetero) is 1. The Balaban J connectivity index is 3.43. The van der Waals surface area contributed by atoms with Crippen LogP contribution in [0.3, 0.4) is 0 Å². The van der Waals surface area contributed by atoms with Gasteiger partial charge in [0.1, 0.15) is 4.90 Å². The minimum Gasteiger partial charge on any atom is -0.468 e. The highest BCUT2D eigenvalue weighted by Gasteiger charge is 2.42. The summed E-state index contributed by atoms with van der Waals surface area (Å²) in [6, 6.07) is 2.19. The van der Waals surface area contributed by atoms with Gasteiger partial charge in [0.15, 0.2) is 11.6 Å². The number of rotatable bonds is 7. The van der Waals surface area contributed by atoms with Gasteiger partial charge in [-0.05, 0) is 24.6 Å². The number of anilines is 1. The van der Waals surface area contributed by atoms with Crippen LogP contribution in [0.2, 0.25) is 5.02 Å². The fourth-order valence-corrected chi connectivity index (χ4v) is 3.25. The molecule has 3 N–H and O–H groups in total. The monoisotopic (exact) mass is 450 g/mol. The van der Waals surface area contributed by atoms with Crippen LogP contribution >= 0.6 is 11.6 Å². The lowest BCUT2D eigenvalue weighted by molar-refractivity contribution is -0.150. The molecule has 158 valence electrons. The van der Waals surface area contributed by atoms with Gasteiger partial charge in [-0.25, -0.2) is 4.79 Å². The second-order valence-corrected chi connectivity index (χ2v) is 7.14. The third-order valence-corrected chi connectivity index (χ3v) is 4.59. The average Bonchev–Trinajstić information content (AvgIpc) is 2.65. The molecule has 14 heteroatoms. The quantitative estimate of drug-likeness (QED) is 0.0984. The first-order valence-corrected chi connectivity index (χ1v) is 9.21. The van der Waals surface area contributed by atoms with Crippen LogP contribution in [0.5, 0.6) is 0 Å². The summed E-state index contributed by atoms with van der Waals surface area (Å²) < 4.78 is 41.0. The smallest absolute Gasteiger partial charge is 0.357 e. The molecule has 0 fully saturated rings. The standard InChI is InChI=1S/C15H15ClN2O10S/c1-6-4-7(16)10(8(5-6)29(24,25)26)17-13(20)12(19)9(14(21)27-2)11(18-23)15(22)28-3/h4-5,9,23H,1-3H3,(H,17,20)(H,24,25,26)/b18-11+/t9-/m1/s1. The van der Waals surface area contributed by atoms with E-state index in [9.17, 15) is 32.1 Å². The SMILES string of the molecule is COC(=O)/C(=N/O)[C@@H](C(=O)OC)C(=O)C(=O)Nc1c(Cl)cc(C)cc1S(=O)(=O)O. The van der Waals surface area contributed by atoms with Gasteiger partial charge in [0.2, 0.25) is 5.78 Å². The topological polar surface area (TPSA) is 186 Å². The number of hydrogen-bond acceptors (Lipinski definition) is 10. The van der Waals surface area contributed by atoms with E-state index in [2.05, 4.69) is 14.6 Å². The number of nitrogens with zero attached hydrogens (tertiary/aromatic N) is 1. The summed E-state index contributed by atoms with van der Waals surface area (Å²) >= 11 is 5.89. The highest BCUT2D eigenvalue weighted by atomic mass is 35.5. The molecule has 1 rings (SSSR count). The predicted molar refractivity (Wildman–Crippen MR) is 96.4 cm³/mol. The highest BCUT2D eigenvalue weighted by molar-refractivity contribution is 7.86. The number of oxime groups is 1. The van der Waals surface area contributed by atoms with Gasteiger partial charge < -0.3 is 20.0 Å². The van der Waals surface area contributed by atoms with Crippen molar-refractivity contribution in [1.29, 1.82) is 0 Å². The maximum absolute atomic E-state index is 12.4. The van der Waals surface area contributed by atoms with E-state index in [1.165, 1.54) is 13.0 Å². The van der Waals surface area contributed by atoms with E-state index >= 15 is 0 Å². The Bertz CT molecular complexity index is 1000. The van der Waals surface area contributed by atoms with Gasteiger partial charge in [-0.1, -0.05) is 16.8 Å². The summed E-state index contributed by atoms with van der Waals surface area (Å²) in [5.74, 6) is -8.45. The summed E-state index contributed by atoms with van der Waals surface area (Å²) in [5, 5.41) is 13.0. The Hall–Kier alpha value is -3.03. The van der Waals surface area contributed by atoms with Gasteiger partial charge in [-0.15, -0.1) is 0 Å². The number of aryl methyl sites for hydroxylation is 1. The number of carbonyl (C=O) groups is 4. The molecule has 1 aromatic rings. The highest BCUT2D eigenvalue weighted by Crippen LogP contribution is 2.31. The first-order chi connectivity index (χ1) is 13.4. The number of halogens is 1. The van der Waals surface area contributed by atoms with Crippen molar-refractivity contribution in [3.63, 3.8) is 0 Å². The van der Waals surface area contributed by atoms with Crippen molar-refractivity contribution in [2.45, 2.75) is 11.8 Å². The van der Waals surface area contributed by atoms with Crippen molar-refractivity contribution in [2.24, 2.45) is 11.1 Å².